The highest BCUT2D eigenvalue weighted by Crippen LogP contribution is 2.51. The van der Waals surface area contributed by atoms with Crippen LogP contribution in [-0.2, 0) is 16.6 Å². The van der Waals surface area contributed by atoms with Gasteiger partial charge in [0.2, 0.25) is 5.03 Å². The molecular formula is C21H23F5N8O3S. The topological polar surface area (TPSA) is 129 Å². The lowest BCUT2D eigenvalue weighted by molar-refractivity contribution is -0.142. The van der Waals surface area contributed by atoms with Crippen LogP contribution in [0.4, 0.5) is 32.4 Å². The Morgan fingerprint density at radius 1 is 1.18 bits per heavy atom. The summed E-state index contributed by atoms with van der Waals surface area (Å²) in [5.74, 6) is -3.02. The Morgan fingerprint density at radius 2 is 1.87 bits per heavy atom. The highest BCUT2D eigenvalue weighted by Gasteiger charge is 2.57. The van der Waals surface area contributed by atoms with E-state index < -0.39 is 51.8 Å². The minimum Gasteiger partial charge on any atom is -0.313 e. The number of aromatic amines is 1. The quantitative estimate of drug-likeness (QED) is 0.459. The van der Waals surface area contributed by atoms with Gasteiger partial charge in [0.25, 0.3) is 15.9 Å². The largest absolute Gasteiger partial charge is 0.408 e. The van der Waals surface area contributed by atoms with Gasteiger partial charge >= 0.3 is 12.2 Å². The SMILES string of the molecule is CN(C)S(=O)(=O)c1nn(CC(F)(F)F)c2cc(-c3[nH]ncc3NC(=O)N3CC(F)(F)CCC34CC4)ncc12. The van der Waals surface area contributed by atoms with Gasteiger partial charge in [0.15, 0.2) is 0 Å². The summed E-state index contributed by atoms with van der Waals surface area (Å²) in [5, 5.41) is 12.0. The number of urea groups is 1. The molecule has 2 fully saturated rings. The summed E-state index contributed by atoms with van der Waals surface area (Å²) < 4.78 is 94.6. The average molecular weight is 563 g/mol. The number of hydrogen-bond donors (Lipinski definition) is 2. The Labute approximate surface area is 213 Å². The van der Waals surface area contributed by atoms with E-state index in [2.05, 4.69) is 25.6 Å². The van der Waals surface area contributed by atoms with E-state index in [1.807, 2.05) is 0 Å². The standard InChI is InChI=1S/C21H23F5N8O3S/c1-32(2)38(36,37)17-12-8-27-13(7-15(12)34(31-17)11-21(24,25)26)16-14(9-28-30-16)29-18(35)33-10-20(22,23)6-5-19(33)3-4-19/h7-9H,3-6,10-11H2,1-2H3,(H,28,30)(H,29,35). The van der Waals surface area contributed by atoms with Gasteiger partial charge in [-0.3, -0.25) is 14.8 Å². The summed E-state index contributed by atoms with van der Waals surface area (Å²) in [6.45, 7) is -2.29. The van der Waals surface area contributed by atoms with Crippen LogP contribution in [0.3, 0.4) is 0 Å². The number of likely N-dealkylation sites (tertiary alicyclic amines) is 1. The van der Waals surface area contributed by atoms with Crippen LogP contribution in [0.1, 0.15) is 25.7 Å². The monoisotopic (exact) mass is 562 g/mol. The molecule has 3 aromatic rings. The van der Waals surface area contributed by atoms with Gasteiger partial charge in [-0.05, 0) is 25.3 Å². The van der Waals surface area contributed by atoms with Gasteiger partial charge < -0.3 is 10.2 Å². The van der Waals surface area contributed by atoms with E-state index in [1.165, 1.54) is 26.4 Å². The molecule has 1 aliphatic heterocycles. The number of sulfonamides is 1. The summed E-state index contributed by atoms with van der Waals surface area (Å²) in [7, 11) is -1.77. The molecule has 1 spiro atoms. The van der Waals surface area contributed by atoms with Crippen LogP contribution in [0.25, 0.3) is 22.3 Å². The Morgan fingerprint density at radius 3 is 2.50 bits per heavy atom. The van der Waals surface area contributed by atoms with Gasteiger partial charge in [-0.15, -0.1) is 0 Å². The van der Waals surface area contributed by atoms with Crippen LogP contribution in [0, 0.1) is 0 Å². The highest BCUT2D eigenvalue weighted by molar-refractivity contribution is 7.89. The first-order chi connectivity index (χ1) is 17.6. The molecule has 3 aromatic heterocycles. The fourth-order valence-corrected chi connectivity index (χ4v) is 5.55. The van der Waals surface area contributed by atoms with Crippen molar-refractivity contribution in [3.05, 3.63) is 18.5 Å². The second kappa shape index (κ2) is 8.59. The molecule has 2 N–H and O–H groups in total. The fraction of sp³-hybridized carbons (Fsp3) is 0.524. The van der Waals surface area contributed by atoms with Crippen molar-refractivity contribution >= 4 is 32.6 Å². The zero-order valence-electron chi connectivity index (χ0n) is 20.2. The first-order valence-corrected chi connectivity index (χ1v) is 12.9. The summed E-state index contributed by atoms with van der Waals surface area (Å²) in [4.78, 5) is 18.3. The van der Waals surface area contributed by atoms with E-state index in [-0.39, 0.29) is 40.8 Å². The van der Waals surface area contributed by atoms with Gasteiger partial charge in [-0.1, -0.05) is 0 Å². The molecule has 0 radical (unpaired) electrons. The number of H-pyrrole nitrogens is 1. The molecule has 2 amide bonds. The maximum atomic E-state index is 14.1. The number of fused-ring (bicyclic) bond motifs is 1. The average Bonchev–Trinajstić information content (AvgIpc) is 3.30. The summed E-state index contributed by atoms with van der Waals surface area (Å²) in [5.41, 5.74) is -0.606. The zero-order valence-corrected chi connectivity index (χ0v) is 21.0. The van der Waals surface area contributed by atoms with E-state index in [0.717, 1.165) is 15.4 Å². The predicted octanol–water partition coefficient (Wildman–Crippen LogP) is 3.43. The third-order valence-electron chi connectivity index (χ3n) is 6.78. The molecule has 1 saturated heterocycles. The van der Waals surface area contributed by atoms with Crippen LogP contribution in [0.15, 0.2) is 23.5 Å². The maximum Gasteiger partial charge on any atom is 0.408 e. The molecule has 0 aromatic carbocycles. The van der Waals surface area contributed by atoms with Crippen molar-refractivity contribution in [3.63, 3.8) is 0 Å². The molecule has 0 unspecified atom stereocenters. The van der Waals surface area contributed by atoms with E-state index in [0.29, 0.717) is 17.5 Å². The molecule has 1 saturated carbocycles. The lowest BCUT2D eigenvalue weighted by atomic mass is 9.97. The van der Waals surface area contributed by atoms with E-state index >= 15 is 0 Å². The minimum atomic E-state index is -4.70. The normalized spacial score (nSPS) is 18.9. The molecule has 4 heterocycles. The van der Waals surface area contributed by atoms with Gasteiger partial charge in [-0.25, -0.2) is 26.3 Å². The van der Waals surface area contributed by atoms with Crippen LogP contribution < -0.4 is 5.32 Å². The lowest BCUT2D eigenvalue weighted by Crippen LogP contribution is -2.54. The molecule has 1 aliphatic carbocycles. The number of aromatic nitrogens is 5. The number of amides is 2. The van der Waals surface area contributed by atoms with Crippen LogP contribution in [-0.4, -0.2) is 86.9 Å². The van der Waals surface area contributed by atoms with Crippen molar-refractivity contribution in [1.29, 1.82) is 0 Å². The summed E-state index contributed by atoms with van der Waals surface area (Å²) >= 11 is 0. The predicted molar refractivity (Wildman–Crippen MR) is 124 cm³/mol. The van der Waals surface area contributed by atoms with Crippen molar-refractivity contribution in [3.8, 4) is 11.4 Å². The number of nitrogens with one attached hydrogen (secondary N) is 2. The number of halogens is 5. The number of hydrogen-bond acceptors (Lipinski definition) is 6. The minimum absolute atomic E-state index is 0.0209. The number of nitrogens with zero attached hydrogens (tertiary/aromatic N) is 6. The maximum absolute atomic E-state index is 14.1. The molecule has 206 valence electrons. The van der Waals surface area contributed by atoms with E-state index in [1.54, 1.807) is 0 Å². The van der Waals surface area contributed by atoms with Crippen molar-refractivity contribution in [1.82, 2.24) is 34.2 Å². The van der Waals surface area contributed by atoms with Gasteiger partial charge in [0.1, 0.15) is 12.2 Å². The molecule has 0 atom stereocenters. The van der Waals surface area contributed by atoms with Crippen molar-refractivity contribution < 1.29 is 35.2 Å². The first kappa shape index (κ1) is 26.3. The molecular weight excluding hydrogens is 539 g/mol. The zero-order chi connectivity index (χ0) is 27.7. The number of rotatable bonds is 5. The molecule has 17 heteroatoms. The third-order valence-corrected chi connectivity index (χ3v) is 8.54. The van der Waals surface area contributed by atoms with Crippen LogP contribution in [0.5, 0.6) is 0 Å². The summed E-state index contributed by atoms with van der Waals surface area (Å²) in [6.07, 6.45) is -1.29. The highest BCUT2D eigenvalue weighted by atomic mass is 32.2. The third kappa shape index (κ3) is 4.68. The van der Waals surface area contributed by atoms with Gasteiger partial charge in [0.05, 0.1) is 35.0 Å². The first-order valence-electron chi connectivity index (χ1n) is 11.5. The van der Waals surface area contributed by atoms with Gasteiger partial charge in [0, 0.05) is 32.3 Å². The lowest BCUT2D eigenvalue weighted by Gasteiger charge is -2.40. The second-order valence-electron chi connectivity index (χ2n) is 9.71. The van der Waals surface area contributed by atoms with Crippen molar-refractivity contribution in [2.45, 2.75) is 54.9 Å². The second-order valence-corrected chi connectivity index (χ2v) is 11.8. The number of alkyl halides is 5. The van der Waals surface area contributed by atoms with Crippen LogP contribution >= 0.6 is 0 Å². The van der Waals surface area contributed by atoms with Crippen molar-refractivity contribution in [2.75, 3.05) is 26.0 Å². The molecule has 2 aliphatic rings. The van der Waals surface area contributed by atoms with E-state index in [9.17, 15) is 35.2 Å². The number of pyridine rings is 1. The number of piperidine rings is 1. The fourth-order valence-electron chi connectivity index (χ4n) is 4.57. The Bertz CT molecular complexity index is 1510. The molecule has 5 rings (SSSR count). The molecule has 38 heavy (non-hydrogen) atoms. The van der Waals surface area contributed by atoms with Crippen molar-refractivity contribution in [2.24, 2.45) is 0 Å². The summed E-state index contributed by atoms with van der Waals surface area (Å²) in [6, 6.07) is 0.427. The van der Waals surface area contributed by atoms with E-state index in [4.69, 9.17) is 0 Å². The van der Waals surface area contributed by atoms with Crippen LogP contribution in [0.2, 0.25) is 0 Å². The molecule has 11 nitrogen and oxygen atoms in total. The smallest absolute Gasteiger partial charge is 0.313 e. The molecule has 0 bridgehead atoms. The number of anilines is 1. The Kier molecular flexibility index (Phi) is 5.94. The number of carbonyl (C=O) groups excluding carboxylic acids is 1. The Hall–Kier alpha value is -3.34. The number of carbonyl (C=O) groups is 1. The Balaban J connectivity index is 1.51. The van der Waals surface area contributed by atoms with Gasteiger partial charge in [-0.2, -0.15) is 23.4 Å².